The van der Waals surface area contributed by atoms with E-state index in [4.69, 9.17) is 16.3 Å². The zero-order valence-electron chi connectivity index (χ0n) is 19.3. The minimum absolute atomic E-state index is 0.00927. The van der Waals surface area contributed by atoms with Gasteiger partial charge in [0, 0.05) is 53.2 Å². The van der Waals surface area contributed by atoms with Crippen LogP contribution in [0.15, 0.2) is 47.5 Å². The Hall–Kier alpha value is -1.96. The highest BCUT2D eigenvalue weighted by Gasteiger charge is 2.19. The van der Waals surface area contributed by atoms with Gasteiger partial charge in [0.25, 0.3) is 6.43 Å². The summed E-state index contributed by atoms with van der Waals surface area (Å²) in [5.74, 6) is 0.805. The van der Waals surface area contributed by atoms with Crippen molar-refractivity contribution < 1.29 is 13.5 Å². The van der Waals surface area contributed by atoms with Gasteiger partial charge in [0.2, 0.25) is 0 Å². The van der Waals surface area contributed by atoms with E-state index in [0.29, 0.717) is 15.9 Å². The third kappa shape index (κ3) is 6.09. The average Bonchev–Trinajstić information content (AvgIpc) is 3.20. The molecule has 4 rings (SSSR count). The number of rotatable bonds is 5. The first kappa shape index (κ1) is 26.3. The summed E-state index contributed by atoms with van der Waals surface area (Å²) in [6.07, 6.45) is -1.05. The van der Waals surface area contributed by atoms with Crippen LogP contribution in [0, 0.1) is 0 Å². The van der Waals surface area contributed by atoms with Crippen LogP contribution in [-0.4, -0.2) is 37.3 Å². The van der Waals surface area contributed by atoms with Crippen LogP contribution >= 0.6 is 23.5 Å². The number of ether oxygens (including phenoxy) is 1. The molecular weight excluding hydrogens is 452 g/mol. The molecule has 0 unspecified atom stereocenters. The molecule has 3 aromatic rings. The molecule has 8 heteroatoms. The second kappa shape index (κ2) is 12.9. The van der Waals surface area contributed by atoms with Crippen molar-refractivity contribution in [3.05, 3.63) is 53.2 Å². The molecule has 1 aliphatic rings. The Balaban J connectivity index is 0.000000860. The van der Waals surface area contributed by atoms with Crippen molar-refractivity contribution in [1.82, 2.24) is 9.29 Å². The number of aromatic nitrogens is 1. The second-order valence-corrected chi connectivity index (χ2v) is 8.02. The van der Waals surface area contributed by atoms with Gasteiger partial charge in [-0.15, -0.1) is 0 Å². The van der Waals surface area contributed by atoms with E-state index in [-0.39, 0.29) is 5.56 Å². The fourth-order valence-electron chi connectivity index (χ4n) is 3.44. The molecule has 0 atom stereocenters. The van der Waals surface area contributed by atoms with E-state index in [1.807, 2.05) is 45.9 Å². The minimum Gasteiger partial charge on any atom is -0.495 e. The normalized spacial score (nSPS) is 13.3. The molecule has 0 amide bonds. The molecule has 0 radical (unpaired) electrons. The Bertz CT molecular complexity index is 991. The van der Waals surface area contributed by atoms with Crippen LogP contribution in [0.3, 0.4) is 0 Å². The maximum absolute atomic E-state index is 13.5. The summed E-state index contributed by atoms with van der Waals surface area (Å²) < 4.78 is 34.2. The maximum atomic E-state index is 13.5. The maximum Gasteiger partial charge on any atom is 0.265 e. The van der Waals surface area contributed by atoms with Crippen molar-refractivity contribution in [2.45, 2.75) is 39.0 Å². The molecule has 2 aromatic carbocycles. The van der Waals surface area contributed by atoms with Gasteiger partial charge in [0.05, 0.1) is 18.3 Å². The highest BCUT2D eigenvalue weighted by atomic mass is 35.5. The number of nitrogens with one attached hydrogen (secondary N) is 1. The van der Waals surface area contributed by atoms with Gasteiger partial charge >= 0.3 is 0 Å². The van der Waals surface area contributed by atoms with E-state index in [0.717, 1.165) is 42.5 Å². The Morgan fingerprint density at radius 3 is 2.34 bits per heavy atom. The van der Waals surface area contributed by atoms with E-state index < -0.39 is 6.43 Å². The molecule has 1 aliphatic heterocycles. The Morgan fingerprint density at radius 1 is 1.03 bits per heavy atom. The summed E-state index contributed by atoms with van der Waals surface area (Å²) in [6, 6.07) is 10.9. The lowest BCUT2D eigenvalue weighted by Crippen LogP contribution is -2.43. The van der Waals surface area contributed by atoms with Crippen molar-refractivity contribution >= 4 is 40.1 Å². The molecule has 176 valence electrons. The van der Waals surface area contributed by atoms with Crippen molar-refractivity contribution in [1.29, 1.82) is 0 Å². The Kier molecular flexibility index (Phi) is 10.6. The van der Waals surface area contributed by atoms with Crippen LogP contribution in [0.2, 0.25) is 5.02 Å². The molecule has 1 fully saturated rings. The number of hydrogen-bond donors (Lipinski definition) is 1. The second-order valence-electron chi connectivity index (χ2n) is 6.53. The van der Waals surface area contributed by atoms with Crippen LogP contribution in [0.4, 0.5) is 14.5 Å². The number of methoxy groups -OCH3 is 1. The summed E-state index contributed by atoms with van der Waals surface area (Å²) in [7, 11) is 1.66. The minimum atomic E-state index is -2.54. The lowest BCUT2D eigenvalue weighted by molar-refractivity contribution is 0.153. The van der Waals surface area contributed by atoms with Crippen molar-refractivity contribution in [3.8, 4) is 5.75 Å². The molecule has 0 aliphatic carbocycles. The predicted octanol–water partition coefficient (Wildman–Crippen LogP) is 7.26. The van der Waals surface area contributed by atoms with Gasteiger partial charge in [-0.05, 0) is 42.3 Å². The zero-order chi connectivity index (χ0) is 23.7. The number of anilines is 1. The number of alkyl halides is 2. The van der Waals surface area contributed by atoms with Gasteiger partial charge < -0.3 is 15.0 Å². The fourth-order valence-corrected chi connectivity index (χ4v) is 4.54. The number of benzene rings is 2. The molecule has 1 N–H and O–H groups in total. The van der Waals surface area contributed by atoms with Crippen LogP contribution in [-0.2, 0) is 0 Å². The number of nitrogens with zero attached hydrogens (tertiary/aromatic N) is 2. The molecule has 0 saturated carbocycles. The Labute approximate surface area is 199 Å². The van der Waals surface area contributed by atoms with Crippen LogP contribution in [0.1, 0.15) is 39.7 Å². The number of fused-ring (bicyclic) bond motifs is 1. The van der Waals surface area contributed by atoms with Crippen LogP contribution in [0.25, 0.3) is 10.9 Å². The SMILES string of the molecule is CC.CC.COc1ccc(Sn2cc(C(F)F)c3ccc(Cl)cc32)cc1N1CCNCC1. The smallest absolute Gasteiger partial charge is 0.265 e. The zero-order valence-corrected chi connectivity index (χ0v) is 20.9. The van der Waals surface area contributed by atoms with E-state index in [1.54, 1.807) is 29.3 Å². The molecule has 4 nitrogen and oxygen atoms in total. The third-order valence-electron chi connectivity index (χ3n) is 4.81. The monoisotopic (exact) mass is 483 g/mol. The van der Waals surface area contributed by atoms with Gasteiger partial charge in [-0.2, -0.15) is 0 Å². The van der Waals surface area contributed by atoms with E-state index in [9.17, 15) is 8.78 Å². The topological polar surface area (TPSA) is 29.4 Å². The van der Waals surface area contributed by atoms with Crippen molar-refractivity contribution in [2.75, 3.05) is 38.2 Å². The summed E-state index contributed by atoms with van der Waals surface area (Å²) in [5, 5.41) is 4.37. The molecule has 0 bridgehead atoms. The summed E-state index contributed by atoms with van der Waals surface area (Å²) >= 11 is 7.50. The van der Waals surface area contributed by atoms with Crippen LogP contribution < -0.4 is 15.0 Å². The predicted molar refractivity (Wildman–Crippen MR) is 134 cm³/mol. The Morgan fingerprint density at radius 2 is 1.72 bits per heavy atom. The van der Waals surface area contributed by atoms with Crippen molar-refractivity contribution in [2.24, 2.45) is 0 Å². The standard InChI is InChI=1S/C20H20ClF2N3OS.2C2H6/c1-27-19-5-3-14(11-18(19)25-8-6-24-7-9-25)28-26-12-16(20(22)23)15-4-2-13(21)10-17(15)26;2*1-2/h2-5,10-12,20,24H,6-9H2,1H3;2*1-2H3. The molecule has 1 saturated heterocycles. The summed E-state index contributed by atoms with van der Waals surface area (Å²) in [6.45, 7) is 11.6. The van der Waals surface area contributed by atoms with Gasteiger partial charge in [0.1, 0.15) is 5.75 Å². The lowest BCUT2D eigenvalue weighted by atomic mass is 10.2. The largest absolute Gasteiger partial charge is 0.495 e. The van der Waals surface area contributed by atoms with E-state index in [2.05, 4.69) is 10.2 Å². The molecule has 0 spiro atoms. The third-order valence-corrected chi connectivity index (χ3v) is 6.01. The average molecular weight is 484 g/mol. The van der Waals surface area contributed by atoms with Gasteiger partial charge in [0.15, 0.2) is 0 Å². The van der Waals surface area contributed by atoms with E-state index in [1.165, 1.54) is 18.1 Å². The highest BCUT2D eigenvalue weighted by molar-refractivity contribution is 7.98. The quantitative estimate of drug-likeness (QED) is 0.413. The first-order valence-corrected chi connectivity index (χ1v) is 12.1. The first-order valence-electron chi connectivity index (χ1n) is 11.0. The number of piperazine rings is 1. The molecule has 2 heterocycles. The van der Waals surface area contributed by atoms with E-state index >= 15 is 0 Å². The van der Waals surface area contributed by atoms with Gasteiger partial charge in [-0.1, -0.05) is 45.4 Å². The summed E-state index contributed by atoms with van der Waals surface area (Å²) in [5.41, 5.74) is 1.69. The van der Waals surface area contributed by atoms with Gasteiger partial charge in [-0.25, -0.2) is 8.78 Å². The molecular formula is C24H32ClF2N3OS. The molecule has 32 heavy (non-hydrogen) atoms. The molecule has 1 aromatic heterocycles. The number of halogens is 3. The highest BCUT2D eigenvalue weighted by Crippen LogP contribution is 2.38. The lowest BCUT2D eigenvalue weighted by Gasteiger charge is -2.30. The fraction of sp³-hybridized carbons (Fsp3) is 0.417. The summed E-state index contributed by atoms with van der Waals surface area (Å²) in [4.78, 5) is 3.21. The van der Waals surface area contributed by atoms with Crippen molar-refractivity contribution in [3.63, 3.8) is 0 Å². The first-order chi connectivity index (χ1) is 15.6. The van der Waals surface area contributed by atoms with Gasteiger partial charge in [-0.3, -0.25) is 3.97 Å². The van der Waals surface area contributed by atoms with Crippen LogP contribution in [0.5, 0.6) is 5.75 Å². The number of hydrogen-bond acceptors (Lipinski definition) is 4.